The van der Waals surface area contributed by atoms with Crippen LogP contribution in [-0.2, 0) is 0 Å². The summed E-state index contributed by atoms with van der Waals surface area (Å²) >= 11 is 0. The highest BCUT2D eigenvalue weighted by atomic mass is 19.1. The molecular weight excluding hydrogens is 274 g/mol. The molecule has 1 heterocycles. The highest BCUT2D eigenvalue weighted by Crippen LogP contribution is 2.26. The van der Waals surface area contributed by atoms with Gasteiger partial charge in [0.1, 0.15) is 22.8 Å². The third-order valence-corrected chi connectivity index (χ3v) is 3.58. The maximum atomic E-state index is 13.3. The molecule has 21 heavy (non-hydrogen) atoms. The van der Waals surface area contributed by atoms with Gasteiger partial charge in [0.15, 0.2) is 0 Å². The number of rotatable bonds is 0. The molecule has 2 nitrogen and oxygen atoms in total. The van der Waals surface area contributed by atoms with E-state index < -0.39 is 5.82 Å². The lowest BCUT2D eigenvalue weighted by Gasteiger charge is -2.05. The average Bonchev–Trinajstić information content (AvgIpc) is 2.46. The van der Waals surface area contributed by atoms with Gasteiger partial charge in [0, 0.05) is 6.07 Å². The Morgan fingerprint density at radius 2 is 1.48 bits per heavy atom. The molecular formula is C17H8F2O2. The zero-order valence-corrected chi connectivity index (χ0v) is 10.7. The summed E-state index contributed by atoms with van der Waals surface area (Å²) in [5, 5.41) is 1.93. The van der Waals surface area contributed by atoms with Crippen LogP contribution in [0.3, 0.4) is 0 Å². The van der Waals surface area contributed by atoms with Crippen molar-refractivity contribution in [2.45, 2.75) is 0 Å². The Morgan fingerprint density at radius 3 is 2.29 bits per heavy atom. The minimum Gasteiger partial charge on any atom is -0.456 e. The summed E-state index contributed by atoms with van der Waals surface area (Å²) in [6, 6.07) is 11.3. The molecule has 0 aliphatic carbocycles. The molecule has 4 rings (SSSR count). The van der Waals surface area contributed by atoms with E-state index in [1.807, 2.05) is 0 Å². The molecule has 0 fully saturated rings. The van der Waals surface area contributed by atoms with E-state index in [9.17, 15) is 13.6 Å². The van der Waals surface area contributed by atoms with Gasteiger partial charge < -0.3 is 4.42 Å². The summed E-state index contributed by atoms with van der Waals surface area (Å²) in [5.41, 5.74) is 0.314. The zero-order valence-electron chi connectivity index (χ0n) is 10.7. The van der Waals surface area contributed by atoms with Crippen LogP contribution >= 0.6 is 0 Å². The van der Waals surface area contributed by atoms with Crippen molar-refractivity contribution in [1.29, 1.82) is 0 Å². The van der Waals surface area contributed by atoms with Gasteiger partial charge in [0.05, 0.1) is 10.8 Å². The lowest BCUT2D eigenvalue weighted by Crippen LogP contribution is -2.03. The van der Waals surface area contributed by atoms with Crippen molar-refractivity contribution in [2.75, 3.05) is 0 Å². The summed E-state index contributed by atoms with van der Waals surface area (Å²) < 4.78 is 32.2. The molecule has 102 valence electrons. The van der Waals surface area contributed by atoms with Gasteiger partial charge in [-0.05, 0) is 41.1 Å². The number of benzene rings is 3. The van der Waals surface area contributed by atoms with Gasteiger partial charge in [-0.1, -0.05) is 12.1 Å². The summed E-state index contributed by atoms with van der Waals surface area (Å²) in [5.74, 6) is -0.832. The van der Waals surface area contributed by atoms with E-state index >= 15 is 0 Å². The van der Waals surface area contributed by atoms with E-state index in [1.165, 1.54) is 30.3 Å². The fourth-order valence-electron chi connectivity index (χ4n) is 2.62. The molecule has 0 saturated heterocycles. The van der Waals surface area contributed by atoms with E-state index in [0.29, 0.717) is 27.1 Å². The molecule has 0 aliphatic rings. The predicted molar refractivity (Wildman–Crippen MR) is 77.4 cm³/mol. The maximum Gasteiger partial charge on any atom is 0.201 e. The monoisotopic (exact) mass is 282 g/mol. The Kier molecular flexibility index (Phi) is 2.36. The van der Waals surface area contributed by atoms with Crippen LogP contribution in [0.15, 0.2) is 57.7 Å². The summed E-state index contributed by atoms with van der Waals surface area (Å²) in [7, 11) is 0. The predicted octanol–water partition coefficient (Wildman–Crippen LogP) is 4.38. The third-order valence-electron chi connectivity index (χ3n) is 3.58. The van der Waals surface area contributed by atoms with Crippen LogP contribution in [0.4, 0.5) is 8.78 Å². The van der Waals surface area contributed by atoms with Crippen LogP contribution in [0.2, 0.25) is 0 Å². The topological polar surface area (TPSA) is 30.2 Å². The SMILES string of the molecule is O=c1c2ccc(F)cc2oc2ccc3cc(F)ccc3c12. The quantitative estimate of drug-likeness (QED) is 0.354. The molecule has 0 aliphatic heterocycles. The summed E-state index contributed by atoms with van der Waals surface area (Å²) in [6.45, 7) is 0. The molecule has 0 bridgehead atoms. The molecule has 3 aromatic carbocycles. The smallest absolute Gasteiger partial charge is 0.201 e. The normalized spacial score (nSPS) is 11.5. The van der Waals surface area contributed by atoms with E-state index in [-0.39, 0.29) is 16.8 Å². The lowest BCUT2D eigenvalue weighted by molar-refractivity contribution is 0.615. The van der Waals surface area contributed by atoms with Crippen molar-refractivity contribution in [3.8, 4) is 0 Å². The largest absolute Gasteiger partial charge is 0.456 e. The Morgan fingerprint density at radius 1 is 0.762 bits per heavy atom. The van der Waals surface area contributed by atoms with E-state index in [0.717, 1.165) is 0 Å². The van der Waals surface area contributed by atoms with Crippen molar-refractivity contribution >= 4 is 32.7 Å². The summed E-state index contributed by atoms with van der Waals surface area (Å²) in [6.07, 6.45) is 0. The first kappa shape index (κ1) is 12.0. The van der Waals surface area contributed by atoms with Crippen molar-refractivity contribution < 1.29 is 13.2 Å². The van der Waals surface area contributed by atoms with E-state index in [1.54, 1.807) is 18.2 Å². The molecule has 4 heteroatoms. The van der Waals surface area contributed by atoms with Gasteiger partial charge in [-0.15, -0.1) is 0 Å². The highest BCUT2D eigenvalue weighted by Gasteiger charge is 2.11. The van der Waals surface area contributed by atoms with Gasteiger partial charge in [0.2, 0.25) is 5.43 Å². The molecule has 0 radical (unpaired) electrons. The van der Waals surface area contributed by atoms with Crippen LogP contribution in [0, 0.1) is 11.6 Å². The van der Waals surface area contributed by atoms with E-state index in [4.69, 9.17) is 4.42 Å². The number of halogens is 2. The molecule has 0 atom stereocenters. The molecule has 0 spiro atoms. The second kappa shape index (κ2) is 4.12. The minimum absolute atomic E-state index is 0.203. The molecule has 0 saturated carbocycles. The Bertz CT molecular complexity index is 1080. The first-order valence-corrected chi connectivity index (χ1v) is 6.38. The van der Waals surface area contributed by atoms with Gasteiger partial charge in [0.25, 0.3) is 0 Å². The average molecular weight is 282 g/mol. The second-order valence-corrected chi connectivity index (χ2v) is 4.88. The fraction of sp³-hybridized carbons (Fsp3) is 0. The maximum absolute atomic E-state index is 13.3. The van der Waals surface area contributed by atoms with Gasteiger partial charge in [-0.2, -0.15) is 0 Å². The Hall–Kier alpha value is -2.75. The van der Waals surface area contributed by atoms with Crippen LogP contribution in [0.5, 0.6) is 0 Å². The van der Waals surface area contributed by atoms with Gasteiger partial charge in [-0.3, -0.25) is 4.79 Å². The van der Waals surface area contributed by atoms with Crippen molar-refractivity contribution in [1.82, 2.24) is 0 Å². The standard InChI is InChI=1S/C17H8F2O2/c18-10-2-4-12-9(7-10)1-6-14-16(12)17(20)13-5-3-11(19)8-15(13)21-14/h1-8H. The van der Waals surface area contributed by atoms with E-state index in [2.05, 4.69) is 0 Å². The first-order valence-electron chi connectivity index (χ1n) is 6.38. The second-order valence-electron chi connectivity index (χ2n) is 4.88. The fourth-order valence-corrected chi connectivity index (χ4v) is 2.62. The Balaban J connectivity index is 2.28. The van der Waals surface area contributed by atoms with Crippen LogP contribution < -0.4 is 5.43 Å². The number of fused-ring (bicyclic) bond motifs is 4. The van der Waals surface area contributed by atoms with Crippen LogP contribution in [-0.4, -0.2) is 0 Å². The van der Waals surface area contributed by atoms with Crippen molar-refractivity contribution in [3.63, 3.8) is 0 Å². The summed E-state index contributed by atoms with van der Waals surface area (Å²) in [4.78, 5) is 12.6. The number of hydrogen-bond donors (Lipinski definition) is 0. The zero-order chi connectivity index (χ0) is 14.6. The molecule has 0 amide bonds. The van der Waals surface area contributed by atoms with Crippen molar-refractivity contribution in [2.24, 2.45) is 0 Å². The minimum atomic E-state index is -0.465. The third kappa shape index (κ3) is 1.72. The Labute approximate surface area is 117 Å². The van der Waals surface area contributed by atoms with Crippen LogP contribution in [0.25, 0.3) is 32.7 Å². The number of hydrogen-bond acceptors (Lipinski definition) is 2. The highest BCUT2D eigenvalue weighted by molar-refractivity contribution is 6.08. The van der Waals surface area contributed by atoms with Crippen LogP contribution in [0.1, 0.15) is 0 Å². The first-order chi connectivity index (χ1) is 10.1. The lowest BCUT2D eigenvalue weighted by atomic mass is 10.0. The molecule has 0 N–H and O–H groups in total. The molecule has 4 aromatic rings. The van der Waals surface area contributed by atoms with Crippen molar-refractivity contribution in [3.05, 3.63) is 70.4 Å². The van der Waals surface area contributed by atoms with Gasteiger partial charge in [-0.25, -0.2) is 8.78 Å². The van der Waals surface area contributed by atoms with Gasteiger partial charge >= 0.3 is 0 Å². The molecule has 0 unspecified atom stereocenters. The molecule has 1 aromatic heterocycles.